The fourth-order valence-electron chi connectivity index (χ4n) is 2.44. The molecule has 1 aromatic carbocycles. The summed E-state index contributed by atoms with van der Waals surface area (Å²) in [6, 6.07) is 10.2. The number of aliphatic hydroxyl groups is 1. The van der Waals surface area contributed by atoms with Crippen LogP contribution in [0.25, 0.3) is 0 Å². The van der Waals surface area contributed by atoms with E-state index in [2.05, 4.69) is 19.1 Å². The fraction of sp³-hybridized carbons (Fsp3) is 0.571. The van der Waals surface area contributed by atoms with E-state index in [9.17, 15) is 5.11 Å². The standard InChI is InChI=1S/C14H20O2/c1-14(11-15)9-5-8-13(14)16-10-12-6-3-2-4-7-12/h2-4,6-7,13,15H,5,8-11H2,1H3/t13-,14-/m0/s1. The smallest absolute Gasteiger partial charge is 0.0720 e. The molecule has 88 valence electrons. The first kappa shape index (κ1) is 11.6. The van der Waals surface area contributed by atoms with Gasteiger partial charge in [-0.2, -0.15) is 0 Å². The van der Waals surface area contributed by atoms with Crippen molar-refractivity contribution in [1.82, 2.24) is 0 Å². The van der Waals surface area contributed by atoms with E-state index in [4.69, 9.17) is 4.74 Å². The molecule has 1 aromatic rings. The molecule has 0 aliphatic heterocycles. The Hall–Kier alpha value is -0.860. The summed E-state index contributed by atoms with van der Waals surface area (Å²) in [5.41, 5.74) is 1.17. The van der Waals surface area contributed by atoms with Crippen LogP contribution in [0.15, 0.2) is 30.3 Å². The molecular weight excluding hydrogens is 200 g/mol. The maximum absolute atomic E-state index is 9.41. The third kappa shape index (κ3) is 2.45. The van der Waals surface area contributed by atoms with Gasteiger partial charge in [-0.3, -0.25) is 0 Å². The molecule has 0 unspecified atom stereocenters. The molecule has 0 heterocycles. The van der Waals surface area contributed by atoms with E-state index in [0.717, 1.165) is 19.3 Å². The van der Waals surface area contributed by atoms with Crippen molar-refractivity contribution in [2.45, 2.75) is 38.9 Å². The summed E-state index contributed by atoms with van der Waals surface area (Å²) < 4.78 is 5.94. The summed E-state index contributed by atoms with van der Waals surface area (Å²) >= 11 is 0. The van der Waals surface area contributed by atoms with Crippen LogP contribution in [0.4, 0.5) is 0 Å². The molecule has 1 aliphatic carbocycles. The molecule has 16 heavy (non-hydrogen) atoms. The largest absolute Gasteiger partial charge is 0.396 e. The molecule has 1 saturated carbocycles. The number of rotatable bonds is 4. The molecule has 2 heteroatoms. The molecule has 0 saturated heterocycles. The zero-order valence-corrected chi connectivity index (χ0v) is 9.86. The number of aliphatic hydroxyl groups excluding tert-OH is 1. The zero-order chi connectivity index (χ0) is 11.4. The predicted octanol–water partition coefficient (Wildman–Crippen LogP) is 2.75. The first-order chi connectivity index (χ1) is 7.74. The van der Waals surface area contributed by atoms with Crippen molar-refractivity contribution >= 4 is 0 Å². The second-order valence-electron chi connectivity index (χ2n) is 4.99. The van der Waals surface area contributed by atoms with Gasteiger partial charge in [-0.05, 0) is 18.4 Å². The van der Waals surface area contributed by atoms with Gasteiger partial charge in [0.15, 0.2) is 0 Å². The number of hydrogen-bond acceptors (Lipinski definition) is 2. The molecule has 1 N–H and O–H groups in total. The van der Waals surface area contributed by atoms with Crippen molar-refractivity contribution in [2.24, 2.45) is 5.41 Å². The molecule has 1 aliphatic rings. The van der Waals surface area contributed by atoms with Crippen LogP contribution in [-0.4, -0.2) is 17.8 Å². The lowest BCUT2D eigenvalue weighted by Gasteiger charge is -2.29. The van der Waals surface area contributed by atoms with Gasteiger partial charge in [-0.25, -0.2) is 0 Å². The predicted molar refractivity (Wildman–Crippen MR) is 64.1 cm³/mol. The minimum absolute atomic E-state index is 0.0330. The third-order valence-corrected chi connectivity index (χ3v) is 3.65. The van der Waals surface area contributed by atoms with Crippen molar-refractivity contribution in [3.8, 4) is 0 Å². The fourth-order valence-corrected chi connectivity index (χ4v) is 2.44. The SMILES string of the molecule is C[C@@]1(CO)CCC[C@@H]1OCc1ccccc1. The maximum Gasteiger partial charge on any atom is 0.0720 e. The van der Waals surface area contributed by atoms with Crippen LogP contribution in [0.5, 0.6) is 0 Å². The highest BCUT2D eigenvalue weighted by atomic mass is 16.5. The first-order valence-corrected chi connectivity index (χ1v) is 6.01. The molecule has 0 aromatic heterocycles. The van der Waals surface area contributed by atoms with Gasteiger partial charge in [0, 0.05) is 5.41 Å². The highest BCUT2D eigenvalue weighted by molar-refractivity contribution is 5.13. The average Bonchev–Trinajstić information content (AvgIpc) is 2.70. The van der Waals surface area contributed by atoms with Crippen molar-refractivity contribution in [3.05, 3.63) is 35.9 Å². The van der Waals surface area contributed by atoms with Gasteiger partial charge >= 0.3 is 0 Å². The van der Waals surface area contributed by atoms with E-state index in [0.29, 0.717) is 6.61 Å². The lowest BCUT2D eigenvalue weighted by molar-refractivity contribution is -0.0462. The van der Waals surface area contributed by atoms with E-state index in [1.165, 1.54) is 5.56 Å². The molecule has 2 atom stereocenters. The molecule has 0 radical (unpaired) electrons. The van der Waals surface area contributed by atoms with Gasteiger partial charge in [-0.1, -0.05) is 43.7 Å². The lowest BCUT2D eigenvalue weighted by atomic mass is 9.87. The molecule has 2 rings (SSSR count). The van der Waals surface area contributed by atoms with E-state index in [-0.39, 0.29) is 18.1 Å². The van der Waals surface area contributed by atoms with Crippen molar-refractivity contribution in [3.63, 3.8) is 0 Å². The molecule has 0 spiro atoms. The van der Waals surface area contributed by atoms with Gasteiger partial charge < -0.3 is 9.84 Å². The Labute approximate surface area is 97.3 Å². The Bertz CT molecular complexity index is 323. The summed E-state index contributed by atoms with van der Waals surface area (Å²) in [7, 11) is 0. The highest BCUT2D eigenvalue weighted by Gasteiger charge is 2.38. The van der Waals surface area contributed by atoms with Gasteiger partial charge in [0.25, 0.3) is 0 Å². The van der Waals surface area contributed by atoms with E-state index in [1.807, 2.05) is 18.2 Å². The second kappa shape index (κ2) is 4.98. The van der Waals surface area contributed by atoms with Crippen LogP contribution >= 0.6 is 0 Å². The zero-order valence-electron chi connectivity index (χ0n) is 9.86. The minimum atomic E-state index is -0.0330. The monoisotopic (exact) mass is 220 g/mol. The summed E-state index contributed by atoms with van der Waals surface area (Å²) in [4.78, 5) is 0. The topological polar surface area (TPSA) is 29.5 Å². The van der Waals surface area contributed by atoms with E-state index >= 15 is 0 Å². The first-order valence-electron chi connectivity index (χ1n) is 6.01. The maximum atomic E-state index is 9.41. The average molecular weight is 220 g/mol. The Kier molecular flexibility index (Phi) is 3.62. The Morgan fingerprint density at radius 1 is 1.38 bits per heavy atom. The normalized spacial score (nSPS) is 29.5. The molecular formula is C14H20O2. The highest BCUT2D eigenvalue weighted by Crippen LogP contribution is 2.39. The lowest BCUT2D eigenvalue weighted by Crippen LogP contribution is -2.32. The van der Waals surface area contributed by atoms with Crippen LogP contribution in [0.3, 0.4) is 0 Å². The number of ether oxygens (including phenoxy) is 1. The van der Waals surface area contributed by atoms with Gasteiger partial charge in [0.05, 0.1) is 19.3 Å². The van der Waals surface area contributed by atoms with Crippen LogP contribution in [0.1, 0.15) is 31.7 Å². The van der Waals surface area contributed by atoms with Crippen molar-refractivity contribution in [1.29, 1.82) is 0 Å². The van der Waals surface area contributed by atoms with Crippen LogP contribution in [0.2, 0.25) is 0 Å². The van der Waals surface area contributed by atoms with Crippen molar-refractivity contribution in [2.75, 3.05) is 6.61 Å². The minimum Gasteiger partial charge on any atom is -0.396 e. The molecule has 1 fully saturated rings. The Balaban J connectivity index is 1.91. The third-order valence-electron chi connectivity index (χ3n) is 3.65. The number of hydrogen-bond donors (Lipinski definition) is 1. The quantitative estimate of drug-likeness (QED) is 0.845. The van der Waals surface area contributed by atoms with E-state index < -0.39 is 0 Å². The Morgan fingerprint density at radius 3 is 2.81 bits per heavy atom. The molecule has 0 amide bonds. The van der Waals surface area contributed by atoms with Crippen LogP contribution in [0, 0.1) is 5.41 Å². The van der Waals surface area contributed by atoms with E-state index in [1.54, 1.807) is 0 Å². The summed E-state index contributed by atoms with van der Waals surface area (Å²) in [5, 5.41) is 9.41. The number of benzene rings is 1. The van der Waals surface area contributed by atoms with Crippen molar-refractivity contribution < 1.29 is 9.84 Å². The van der Waals surface area contributed by atoms with Crippen LogP contribution in [-0.2, 0) is 11.3 Å². The second-order valence-corrected chi connectivity index (χ2v) is 4.99. The molecule has 0 bridgehead atoms. The van der Waals surface area contributed by atoms with Gasteiger partial charge in [0.1, 0.15) is 0 Å². The summed E-state index contributed by atoms with van der Waals surface area (Å²) in [6.45, 7) is 3.00. The summed E-state index contributed by atoms with van der Waals surface area (Å²) in [6.07, 6.45) is 3.52. The molecule has 2 nitrogen and oxygen atoms in total. The summed E-state index contributed by atoms with van der Waals surface area (Å²) in [5.74, 6) is 0. The van der Waals surface area contributed by atoms with Crippen LogP contribution < -0.4 is 0 Å². The van der Waals surface area contributed by atoms with Gasteiger partial charge in [-0.15, -0.1) is 0 Å². The van der Waals surface area contributed by atoms with Gasteiger partial charge in [0.2, 0.25) is 0 Å². The Morgan fingerprint density at radius 2 is 2.12 bits per heavy atom.